The number of hydrogen-bond acceptors (Lipinski definition) is 5. The maximum Gasteiger partial charge on any atom is 0.338 e. The topological polar surface area (TPSA) is 76.0 Å². The molecule has 0 unspecified atom stereocenters. The molecule has 0 saturated heterocycles. The van der Waals surface area contributed by atoms with Gasteiger partial charge in [-0.2, -0.15) is 0 Å². The molecule has 0 radical (unpaired) electrons. The summed E-state index contributed by atoms with van der Waals surface area (Å²) in [6.45, 7) is 8.58. The van der Waals surface area contributed by atoms with E-state index in [1.807, 2.05) is 13.0 Å². The quantitative estimate of drug-likeness (QED) is 0.472. The van der Waals surface area contributed by atoms with E-state index in [1.165, 1.54) is 25.7 Å². The highest BCUT2D eigenvalue weighted by atomic mass is 16.6. The first-order chi connectivity index (χ1) is 16.2. The summed E-state index contributed by atoms with van der Waals surface area (Å²) >= 11 is 0. The summed E-state index contributed by atoms with van der Waals surface area (Å²) in [6.07, 6.45) is 9.93. The molecule has 5 heteroatoms. The molecule has 1 aromatic carbocycles. The molecule has 0 aromatic heterocycles. The molecule has 1 aromatic rings. The van der Waals surface area contributed by atoms with Crippen molar-refractivity contribution in [3.63, 3.8) is 0 Å². The number of aliphatic hydroxyl groups excluding tert-OH is 2. The Kier molecular flexibility index (Phi) is 7.33. The lowest BCUT2D eigenvalue weighted by molar-refractivity contribution is -0.176. The molecule has 2 N–H and O–H groups in total. The minimum absolute atomic E-state index is 0.0393. The molecule has 2 aliphatic carbocycles. The zero-order valence-corrected chi connectivity index (χ0v) is 21.4. The van der Waals surface area contributed by atoms with Crippen molar-refractivity contribution in [3.8, 4) is 5.75 Å². The monoisotopic (exact) mass is 470 g/mol. The first-order valence-electron chi connectivity index (χ1n) is 13.2. The fraction of sp³-hybridized carbons (Fsp3) is 0.690. The molecule has 0 spiro atoms. The van der Waals surface area contributed by atoms with Crippen molar-refractivity contribution in [2.45, 2.75) is 103 Å². The fourth-order valence-corrected chi connectivity index (χ4v) is 6.64. The van der Waals surface area contributed by atoms with Gasteiger partial charge in [0.2, 0.25) is 0 Å². The van der Waals surface area contributed by atoms with Crippen molar-refractivity contribution in [2.75, 3.05) is 13.2 Å². The van der Waals surface area contributed by atoms with Gasteiger partial charge in [-0.1, -0.05) is 52.5 Å². The Morgan fingerprint density at radius 2 is 1.65 bits per heavy atom. The van der Waals surface area contributed by atoms with E-state index in [0.717, 1.165) is 48.1 Å². The lowest BCUT2D eigenvalue weighted by atomic mass is 9.70. The van der Waals surface area contributed by atoms with Gasteiger partial charge in [-0.3, -0.25) is 0 Å². The van der Waals surface area contributed by atoms with Crippen molar-refractivity contribution < 1.29 is 24.5 Å². The molecule has 0 bridgehead atoms. The molecule has 1 aliphatic heterocycles. The van der Waals surface area contributed by atoms with Crippen LogP contribution in [0.15, 0.2) is 23.5 Å². The number of carbonyl (C=O) groups excluding carboxylic acids is 1. The number of esters is 1. The van der Waals surface area contributed by atoms with Crippen LogP contribution in [0.4, 0.5) is 0 Å². The number of rotatable bonds is 7. The summed E-state index contributed by atoms with van der Waals surface area (Å²) in [5.74, 6) is 1.36. The van der Waals surface area contributed by atoms with E-state index in [1.54, 1.807) is 0 Å². The van der Waals surface area contributed by atoms with Gasteiger partial charge in [0.1, 0.15) is 23.7 Å². The van der Waals surface area contributed by atoms with Gasteiger partial charge in [0.15, 0.2) is 0 Å². The van der Waals surface area contributed by atoms with Gasteiger partial charge >= 0.3 is 5.97 Å². The van der Waals surface area contributed by atoms with Crippen LogP contribution in [0.3, 0.4) is 0 Å². The fourth-order valence-electron chi connectivity index (χ4n) is 6.64. The summed E-state index contributed by atoms with van der Waals surface area (Å²) in [7, 11) is 0. The molecule has 5 nitrogen and oxygen atoms in total. The van der Waals surface area contributed by atoms with Crippen LogP contribution in [0.5, 0.6) is 5.75 Å². The molecule has 0 atom stereocenters. The Labute approximate surface area is 204 Å². The van der Waals surface area contributed by atoms with Gasteiger partial charge in [0, 0.05) is 12.8 Å². The maximum atomic E-state index is 13.5. The average molecular weight is 471 g/mol. The second kappa shape index (κ2) is 9.93. The van der Waals surface area contributed by atoms with Crippen molar-refractivity contribution in [3.05, 3.63) is 40.2 Å². The maximum absolute atomic E-state index is 13.5. The molecule has 0 amide bonds. The molecular weight excluding hydrogens is 428 g/mol. The lowest BCUT2D eigenvalue weighted by Gasteiger charge is -2.46. The van der Waals surface area contributed by atoms with Crippen molar-refractivity contribution >= 4 is 5.97 Å². The molecular formula is C29H42O5. The zero-order valence-electron chi connectivity index (χ0n) is 21.4. The largest absolute Gasteiger partial charge is 0.512 e. The van der Waals surface area contributed by atoms with E-state index in [4.69, 9.17) is 14.6 Å². The lowest BCUT2D eigenvalue weighted by Crippen LogP contribution is -2.50. The Balaban J connectivity index is 1.67. The predicted molar refractivity (Wildman–Crippen MR) is 133 cm³/mol. The van der Waals surface area contributed by atoms with Crippen LogP contribution in [0, 0.1) is 18.8 Å². The van der Waals surface area contributed by atoms with Gasteiger partial charge in [-0.25, -0.2) is 4.79 Å². The molecule has 2 saturated carbocycles. The minimum Gasteiger partial charge on any atom is -0.512 e. The third kappa shape index (κ3) is 4.86. The van der Waals surface area contributed by atoms with E-state index in [2.05, 4.69) is 26.8 Å². The second-order valence-electron chi connectivity index (χ2n) is 11.7. The zero-order chi connectivity index (χ0) is 24.5. The highest BCUT2D eigenvalue weighted by Crippen LogP contribution is 2.52. The molecule has 4 rings (SSSR count). The number of benzene rings is 1. The van der Waals surface area contributed by atoms with E-state index in [9.17, 15) is 9.90 Å². The summed E-state index contributed by atoms with van der Waals surface area (Å²) < 4.78 is 12.2. The van der Waals surface area contributed by atoms with Gasteiger partial charge in [-0.05, 0) is 72.6 Å². The van der Waals surface area contributed by atoms with Crippen LogP contribution in [-0.4, -0.2) is 35.0 Å². The van der Waals surface area contributed by atoms with E-state index >= 15 is 0 Å². The van der Waals surface area contributed by atoms with Gasteiger partial charge in [-0.15, -0.1) is 0 Å². The summed E-state index contributed by atoms with van der Waals surface area (Å²) in [5.41, 5.74) is 2.73. The predicted octanol–water partition coefficient (Wildman–Crippen LogP) is 6.08. The van der Waals surface area contributed by atoms with Crippen LogP contribution < -0.4 is 4.74 Å². The standard InChI is InChI=1S/C29H42O5/c1-19-15-20(24(28(2,3)4)17-26(19)33-14-13-30)16-23-25(31)18-29(34-27(23)32,21-9-5-6-10-21)22-11-7-8-12-22/h15,17,21-22,30-31H,5-14,16,18H2,1-4H3. The smallest absolute Gasteiger partial charge is 0.338 e. The molecule has 3 aliphatic rings. The van der Waals surface area contributed by atoms with E-state index in [-0.39, 0.29) is 30.4 Å². The summed E-state index contributed by atoms with van der Waals surface area (Å²) in [4.78, 5) is 13.5. The van der Waals surface area contributed by atoms with E-state index < -0.39 is 5.60 Å². The van der Waals surface area contributed by atoms with E-state index in [0.29, 0.717) is 30.3 Å². The minimum atomic E-state index is -0.525. The first kappa shape index (κ1) is 25.1. The summed E-state index contributed by atoms with van der Waals surface area (Å²) in [5, 5.41) is 20.5. The Bertz CT molecular complexity index is 911. The highest BCUT2D eigenvalue weighted by Gasteiger charge is 2.53. The van der Waals surface area contributed by atoms with Crippen molar-refractivity contribution in [1.82, 2.24) is 0 Å². The molecule has 34 heavy (non-hydrogen) atoms. The summed E-state index contributed by atoms with van der Waals surface area (Å²) in [6, 6.07) is 4.07. The molecule has 188 valence electrons. The van der Waals surface area contributed by atoms with Crippen LogP contribution in [-0.2, 0) is 21.4 Å². The number of aryl methyl sites for hydroxylation is 1. The number of cyclic esters (lactones) is 1. The Morgan fingerprint density at radius 3 is 2.15 bits per heavy atom. The van der Waals surface area contributed by atoms with Crippen LogP contribution in [0.1, 0.15) is 95.2 Å². The van der Waals surface area contributed by atoms with Gasteiger partial charge in [0.05, 0.1) is 12.2 Å². The number of carbonyl (C=O) groups is 1. The number of aliphatic hydroxyl groups is 2. The number of hydrogen-bond donors (Lipinski definition) is 2. The van der Waals surface area contributed by atoms with Crippen LogP contribution in [0.25, 0.3) is 0 Å². The third-order valence-corrected chi connectivity index (χ3v) is 8.34. The third-order valence-electron chi connectivity index (χ3n) is 8.34. The Hall–Kier alpha value is -2.01. The van der Waals surface area contributed by atoms with Gasteiger partial charge < -0.3 is 19.7 Å². The van der Waals surface area contributed by atoms with Crippen LogP contribution in [0.2, 0.25) is 0 Å². The van der Waals surface area contributed by atoms with Gasteiger partial charge in [0.25, 0.3) is 0 Å². The SMILES string of the molecule is Cc1cc(CC2=C(O)CC(C3CCCC3)(C3CCCC3)OC2=O)c(C(C)(C)C)cc1OCCO. The van der Waals surface area contributed by atoms with Crippen molar-refractivity contribution in [2.24, 2.45) is 11.8 Å². The van der Waals surface area contributed by atoms with Crippen molar-refractivity contribution in [1.29, 1.82) is 0 Å². The second-order valence-corrected chi connectivity index (χ2v) is 11.7. The normalized spacial score (nSPS) is 21.9. The highest BCUT2D eigenvalue weighted by molar-refractivity contribution is 5.91. The number of ether oxygens (including phenoxy) is 2. The first-order valence-corrected chi connectivity index (χ1v) is 13.2. The Morgan fingerprint density at radius 1 is 1.06 bits per heavy atom. The average Bonchev–Trinajstić information content (AvgIpc) is 3.49. The molecule has 1 heterocycles. The van der Waals surface area contributed by atoms with Crippen LogP contribution >= 0.6 is 0 Å². The molecule has 2 fully saturated rings.